The van der Waals surface area contributed by atoms with Crippen LogP contribution >= 0.6 is 11.3 Å². The number of aromatic nitrogens is 4. The highest BCUT2D eigenvalue weighted by Crippen LogP contribution is 2.18. The van der Waals surface area contributed by atoms with Crippen LogP contribution in [0.3, 0.4) is 0 Å². The van der Waals surface area contributed by atoms with Gasteiger partial charge in [-0.05, 0) is 17.5 Å². The lowest BCUT2D eigenvalue weighted by molar-refractivity contribution is 0.0707. The molecule has 4 rings (SSSR count). The van der Waals surface area contributed by atoms with Crippen LogP contribution in [0, 0.1) is 0 Å². The van der Waals surface area contributed by atoms with Gasteiger partial charge in [0.25, 0.3) is 5.91 Å². The third-order valence-electron chi connectivity index (χ3n) is 3.89. The van der Waals surface area contributed by atoms with Crippen LogP contribution in [-0.2, 0) is 19.6 Å². The SMILES string of the molecule is O=C(c1ccsc1)N1CCn2c(Cn3cccn3)cnc2C1. The molecule has 0 spiro atoms. The van der Waals surface area contributed by atoms with E-state index in [1.54, 1.807) is 17.5 Å². The number of nitrogens with zero attached hydrogens (tertiary/aromatic N) is 5. The summed E-state index contributed by atoms with van der Waals surface area (Å²) < 4.78 is 4.08. The molecule has 0 N–H and O–H groups in total. The molecule has 0 atom stereocenters. The fourth-order valence-electron chi connectivity index (χ4n) is 2.75. The zero-order valence-electron chi connectivity index (χ0n) is 11.9. The highest BCUT2D eigenvalue weighted by molar-refractivity contribution is 7.08. The molecule has 0 radical (unpaired) electrons. The minimum absolute atomic E-state index is 0.0872. The Kier molecular flexibility index (Phi) is 3.27. The molecule has 112 valence electrons. The van der Waals surface area contributed by atoms with Crippen molar-refractivity contribution in [2.45, 2.75) is 19.6 Å². The molecule has 1 aliphatic heterocycles. The van der Waals surface area contributed by atoms with Crippen molar-refractivity contribution in [2.24, 2.45) is 0 Å². The van der Waals surface area contributed by atoms with Gasteiger partial charge in [-0.1, -0.05) is 0 Å². The highest BCUT2D eigenvalue weighted by Gasteiger charge is 2.24. The highest BCUT2D eigenvalue weighted by atomic mass is 32.1. The Bertz CT molecular complexity index is 775. The maximum absolute atomic E-state index is 12.4. The van der Waals surface area contributed by atoms with Crippen LogP contribution in [0.4, 0.5) is 0 Å². The van der Waals surface area contributed by atoms with Crippen LogP contribution < -0.4 is 0 Å². The topological polar surface area (TPSA) is 56.0 Å². The number of imidazole rings is 1. The van der Waals surface area contributed by atoms with Crippen LogP contribution in [0.5, 0.6) is 0 Å². The summed E-state index contributed by atoms with van der Waals surface area (Å²) in [6, 6.07) is 3.78. The predicted molar refractivity (Wildman–Crippen MR) is 82.6 cm³/mol. The van der Waals surface area contributed by atoms with Gasteiger partial charge in [-0.3, -0.25) is 9.48 Å². The van der Waals surface area contributed by atoms with Crippen molar-refractivity contribution < 1.29 is 4.79 Å². The molecule has 0 aromatic carbocycles. The van der Waals surface area contributed by atoms with Crippen molar-refractivity contribution in [3.8, 4) is 0 Å². The molecule has 0 saturated heterocycles. The van der Waals surface area contributed by atoms with Crippen molar-refractivity contribution >= 4 is 17.2 Å². The smallest absolute Gasteiger partial charge is 0.255 e. The van der Waals surface area contributed by atoms with Gasteiger partial charge in [0, 0.05) is 30.9 Å². The Balaban J connectivity index is 1.53. The van der Waals surface area contributed by atoms with Gasteiger partial charge in [0.15, 0.2) is 0 Å². The molecule has 0 saturated carbocycles. The Hall–Kier alpha value is -2.41. The first-order valence-electron chi connectivity index (χ1n) is 7.13. The first-order valence-corrected chi connectivity index (χ1v) is 8.08. The van der Waals surface area contributed by atoms with Gasteiger partial charge >= 0.3 is 0 Å². The fourth-order valence-corrected chi connectivity index (χ4v) is 3.38. The number of fused-ring (bicyclic) bond motifs is 1. The Morgan fingerprint density at radius 3 is 3.09 bits per heavy atom. The number of thiophene rings is 1. The number of hydrogen-bond donors (Lipinski definition) is 0. The first kappa shape index (κ1) is 13.3. The van der Waals surface area contributed by atoms with E-state index in [2.05, 4.69) is 14.6 Å². The van der Waals surface area contributed by atoms with Crippen molar-refractivity contribution in [3.63, 3.8) is 0 Å². The van der Waals surface area contributed by atoms with E-state index >= 15 is 0 Å². The number of hydrogen-bond acceptors (Lipinski definition) is 4. The number of rotatable bonds is 3. The molecule has 0 unspecified atom stereocenters. The standard InChI is InChI=1S/C15H15N5OS/c21-15(12-2-7-22-11-12)18-5-6-20-13(8-16-14(20)10-18)9-19-4-1-3-17-19/h1-4,7-8,11H,5-6,9-10H2. The molecule has 0 aliphatic carbocycles. The summed E-state index contributed by atoms with van der Waals surface area (Å²) in [5.41, 5.74) is 1.89. The lowest BCUT2D eigenvalue weighted by atomic mass is 10.2. The first-order chi connectivity index (χ1) is 10.8. The average Bonchev–Trinajstić information content (AvgIpc) is 3.29. The normalized spacial score (nSPS) is 14.1. The van der Waals surface area contributed by atoms with Gasteiger partial charge in [0.2, 0.25) is 0 Å². The molecule has 1 aliphatic rings. The molecule has 3 aromatic rings. The molecule has 0 fully saturated rings. The van der Waals surface area contributed by atoms with Crippen molar-refractivity contribution in [2.75, 3.05) is 6.54 Å². The molecule has 6 nitrogen and oxygen atoms in total. The molecule has 3 aromatic heterocycles. The van der Waals surface area contributed by atoms with Gasteiger partial charge in [-0.15, -0.1) is 0 Å². The minimum atomic E-state index is 0.0872. The number of carbonyl (C=O) groups excluding carboxylic acids is 1. The summed E-state index contributed by atoms with van der Waals surface area (Å²) in [7, 11) is 0. The zero-order chi connectivity index (χ0) is 14.9. The summed E-state index contributed by atoms with van der Waals surface area (Å²) in [5.74, 6) is 1.03. The van der Waals surface area contributed by atoms with Gasteiger partial charge in [0.1, 0.15) is 5.82 Å². The van der Waals surface area contributed by atoms with Gasteiger partial charge in [0.05, 0.1) is 30.5 Å². The average molecular weight is 313 g/mol. The molecule has 22 heavy (non-hydrogen) atoms. The van der Waals surface area contributed by atoms with E-state index in [9.17, 15) is 4.79 Å². The third-order valence-corrected chi connectivity index (χ3v) is 4.57. The maximum Gasteiger partial charge on any atom is 0.255 e. The molecule has 1 amide bonds. The van der Waals surface area contributed by atoms with Crippen LogP contribution in [0.1, 0.15) is 21.9 Å². The van der Waals surface area contributed by atoms with E-state index in [0.717, 1.165) is 23.6 Å². The second-order valence-corrected chi connectivity index (χ2v) is 6.04. The fraction of sp³-hybridized carbons (Fsp3) is 0.267. The van der Waals surface area contributed by atoms with Gasteiger partial charge < -0.3 is 9.47 Å². The molecular formula is C15H15N5OS. The van der Waals surface area contributed by atoms with Crippen molar-refractivity contribution in [1.82, 2.24) is 24.2 Å². The predicted octanol–water partition coefficient (Wildman–Crippen LogP) is 1.85. The van der Waals surface area contributed by atoms with Crippen molar-refractivity contribution in [3.05, 3.63) is 58.6 Å². The second kappa shape index (κ2) is 5.42. The van der Waals surface area contributed by atoms with Gasteiger partial charge in [-0.25, -0.2) is 4.98 Å². The van der Waals surface area contributed by atoms with E-state index in [4.69, 9.17) is 0 Å². The van der Waals surface area contributed by atoms with Crippen LogP contribution in [0.2, 0.25) is 0 Å². The Labute approximate surface area is 131 Å². The summed E-state index contributed by atoms with van der Waals surface area (Å²) in [5, 5.41) is 8.06. The third kappa shape index (κ3) is 2.33. The zero-order valence-corrected chi connectivity index (χ0v) is 12.7. The summed E-state index contributed by atoms with van der Waals surface area (Å²) in [6.07, 6.45) is 5.60. The lowest BCUT2D eigenvalue weighted by Gasteiger charge is -2.28. The van der Waals surface area contributed by atoms with Crippen LogP contribution in [-0.4, -0.2) is 36.7 Å². The second-order valence-electron chi connectivity index (χ2n) is 5.26. The largest absolute Gasteiger partial charge is 0.329 e. The van der Waals surface area contributed by atoms with E-state index in [1.165, 1.54) is 0 Å². The minimum Gasteiger partial charge on any atom is -0.329 e. The number of carbonyl (C=O) groups is 1. The van der Waals surface area contributed by atoms with E-state index in [-0.39, 0.29) is 5.91 Å². The molecular weight excluding hydrogens is 298 g/mol. The number of amides is 1. The Morgan fingerprint density at radius 2 is 2.32 bits per heavy atom. The Morgan fingerprint density at radius 1 is 1.36 bits per heavy atom. The van der Waals surface area contributed by atoms with E-state index in [0.29, 0.717) is 19.6 Å². The summed E-state index contributed by atoms with van der Waals surface area (Å²) >= 11 is 1.55. The maximum atomic E-state index is 12.4. The molecule has 7 heteroatoms. The molecule has 0 bridgehead atoms. The van der Waals surface area contributed by atoms with E-state index in [1.807, 2.05) is 44.9 Å². The lowest BCUT2D eigenvalue weighted by Crippen LogP contribution is -2.38. The molecule has 4 heterocycles. The quantitative estimate of drug-likeness (QED) is 0.741. The van der Waals surface area contributed by atoms with Crippen LogP contribution in [0.25, 0.3) is 0 Å². The van der Waals surface area contributed by atoms with E-state index < -0.39 is 0 Å². The van der Waals surface area contributed by atoms with Crippen molar-refractivity contribution in [1.29, 1.82) is 0 Å². The van der Waals surface area contributed by atoms with Crippen LogP contribution in [0.15, 0.2) is 41.5 Å². The monoisotopic (exact) mass is 313 g/mol. The van der Waals surface area contributed by atoms with Gasteiger partial charge in [-0.2, -0.15) is 16.4 Å². The summed E-state index contributed by atoms with van der Waals surface area (Å²) in [6.45, 7) is 2.76. The summed E-state index contributed by atoms with van der Waals surface area (Å²) in [4.78, 5) is 18.8.